The zero-order valence-electron chi connectivity index (χ0n) is 11.2. The lowest BCUT2D eigenvalue weighted by Crippen LogP contribution is -2.34. The van der Waals surface area contributed by atoms with Crippen LogP contribution in [0, 0.1) is 5.92 Å². The molecular weight excluding hydrogens is 230 g/mol. The molecule has 2 atom stereocenters. The van der Waals surface area contributed by atoms with Crippen molar-refractivity contribution in [3.05, 3.63) is 0 Å². The lowest BCUT2D eigenvalue weighted by Gasteiger charge is -2.25. The van der Waals surface area contributed by atoms with Crippen LogP contribution in [0.2, 0.25) is 0 Å². The third-order valence-electron chi connectivity index (χ3n) is 3.35. The molecule has 1 aliphatic carbocycles. The average Bonchev–Trinajstić information content (AvgIpc) is 2.29. The molecule has 1 fully saturated rings. The first-order chi connectivity index (χ1) is 8.61. The summed E-state index contributed by atoms with van der Waals surface area (Å²) in [5.41, 5.74) is 5.89. The van der Waals surface area contributed by atoms with Crippen molar-refractivity contribution in [3.63, 3.8) is 0 Å². The van der Waals surface area contributed by atoms with Gasteiger partial charge in [-0.15, -0.1) is 0 Å². The second-order valence-electron chi connectivity index (χ2n) is 5.05. The molecule has 1 rings (SSSR count). The molecule has 5 heteroatoms. The zero-order chi connectivity index (χ0) is 13.4. The summed E-state index contributed by atoms with van der Waals surface area (Å²) in [7, 11) is 0. The maximum absolute atomic E-state index is 11.7. The van der Waals surface area contributed by atoms with Gasteiger partial charge in [-0.1, -0.05) is 6.42 Å². The van der Waals surface area contributed by atoms with E-state index in [4.69, 9.17) is 5.73 Å². The fourth-order valence-electron chi connectivity index (χ4n) is 2.45. The van der Waals surface area contributed by atoms with Crippen LogP contribution in [0.3, 0.4) is 0 Å². The van der Waals surface area contributed by atoms with E-state index in [1.54, 1.807) is 0 Å². The lowest BCUT2D eigenvalue weighted by molar-refractivity contribution is -0.123. The number of rotatable bonds is 6. The molecule has 0 radical (unpaired) electrons. The molecule has 0 aromatic carbocycles. The van der Waals surface area contributed by atoms with Crippen molar-refractivity contribution in [1.82, 2.24) is 10.6 Å². The Balaban J connectivity index is 2.11. The lowest BCUT2D eigenvalue weighted by atomic mass is 9.84. The number of nitrogens with two attached hydrogens (primary N) is 1. The highest BCUT2D eigenvalue weighted by Gasteiger charge is 2.21. The van der Waals surface area contributed by atoms with Crippen molar-refractivity contribution in [3.8, 4) is 0 Å². The van der Waals surface area contributed by atoms with E-state index < -0.39 is 0 Å². The van der Waals surface area contributed by atoms with Crippen LogP contribution >= 0.6 is 0 Å². The number of nitrogens with one attached hydrogen (secondary N) is 2. The molecule has 18 heavy (non-hydrogen) atoms. The fourth-order valence-corrected chi connectivity index (χ4v) is 2.45. The molecule has 0 aromatic rings. The van der Waals surface area contributed by atoms with Crippen molar-refractivity contribution in [2.24, 2.45) is 11.7 Å². The van der Waals surface area contributed by atoms with E-state index in [0.717, 1.165) is 25.7 Å². The van der Waals surface area contributed by atoms with Gasteiger partial charge in [-0.3, -0.25) is 9.59 Å². The minimum absolute atomic E-state index is 0.0162. The van der Waals surface area contributed by atoms with Crippen molar-refractivity contribution < 1.29 is 9.59 Å². The second-order valence-corrected chi connectivity index (χ2v) is 5.05. The summed E-state index contributed by atoms with van der Waals surface area (Å²) in [5, 5.41) is 5.49. The van der Waals surface area contributed by atoms with Gasteiger partial charge in [-0.2, -0.15) is 0 Å². The molecule has 1 saturated carbocycles. The van der Waals surface area contributed by atoms with Crippen LogP contribution in [-0.4, -0.2) is 30.9 Å². The summed E-state index contributed by atoms with van der Waals surface area (Å²) >= 11 is 0. The Kier molecular flexibility index (Phi) is 6.72. The fraction of sp³-hybridized carbons (Fsp3) is 0.846. The van der Waals surface area contributed by atoms with Gasteiger partial charge in [0.15, 0.2) is 0 Å². The largest absolute Gasteiger partial charge is 0.356 e. The third-order valence-corrected chi connectivity index (χ3v) is 3.35. The first-order valence-corrected chi connectivity index (χ1v) is 6.90. The van der Waals surface area contributed by atoms with E-state index in [9.17, 15) is 9.59 Å². The average molecular weight is 255 g/mol. The normalized spacial score (nSPS) is 23.4. The number of carbonyl (C=O) groups is 2. The summed E-state index contributed by atoms with van der Waals surface area (Å²) in [6.07, 6.45) is 5.14. The predicted octanol–water partition coefficient (Wildman–Crippen LogP) is 0.536. The molecule has 0 saturated heterocycles. The molecular formula is C13H25N3O2. The third kappa shape index (κ3) is 6.00. The van der Waals surface area contributed by atoms with E-state index in [1.807, 2.05) is 6.92 Å². The van der Waals surface area contributed by atoms with Gasteiger partial charge in [-0.05, 0) is 32.1 Å². The van der Waals surface area contributed by atoms with Crippen molar-refractivity contribution in [2.45, 2.75) is 51.5 Å². The maximum atomic E-state index is 11.7. The van der Waals surface area contributed by atoms with Gasteiger partial charge in [0, 0.05) is 32.0 Å². The maximum Gasteiger partial charge on any atom is 0.221 e. The van der Waals surface area contributed by atoms with Gasteiger partial charge in [0.25, 0.3) is 0 Å². The molecule has 0 bridgehead atoms. The van der Waals surface area contributed by atoms with E-state index in [1.165, 1.54) is 0 Å². The van der Waals surface area contributed by atoms with Crippen LogP contribution in [0.15, 0.2) is 0 Å². The molecule has 0 spiro atoms. The Labute approximate surface area is 109 Å². The van der Waals surface area contributed by atoms with E-state index in [0.29, 0.717) is 31.8 Å². The van der Waals surface area contributed by atoms with Crippen LogP contribution in [0.4, 0.5) is 0 Å². The Morgan fingerprint density at radius 3 is 2.67 bits per heavy atom. The summed E-state index contributed by atoms with van der Waals surface area (Å²) in [6, 6.07) is 0.256. The Hall–Kier alpha value is -1.10. The minimum Gasteiger partial charge on any atom is -0.356 e. The van der Waals surface area contributed by atoms with Crippen molar-refractivity contribution in [2.75, 3.05) is 13.1 Å². The highest BCUT2D eigenvalue weighted by Crippen LogP contribution is 2.25. The van der Waals surface area contributed by atoms with E-state index in [-0.39, 0.29) is 17.9 Å². The molecule has 4 N–H and O–H groups in total. The SMILES string of the molecule is CCNC(=O)CCNC(=O)CC1CCCC(N)C1. The summed E-state index contributed by atoms with van der Waals surface area (Å²) in [6.45, 7) is 2.93. The van der Waals surface area contributed by atoms with Gasteiger partial charge in [0.05, 0.1) is 0 Å². The summed E-state index contributed by atoms with van der Waals surface area (Å²) in [5.74, 6) is 0.439. The molecule has 1 aliphatic rings. The monoisotopic (exact) mass is 255 g/mol. The van der Waals surface area contributed by atoms with Crippen molar-refractivity contribution in [1.29, 1.82) is 0 Å². The number of amides is 2. The van der Waals surface area contributed by atoms with Crippen LogP contribution in [0.25, 0.3) is 0 Å². The van der Waals surface area contributed by atoms with E-state index in [2.05, 4.69) is 10.6 Å². The standard InChI is InChI=1S/C13H25N3O2/c1-2-15-12(17)6-7-16-13(18)9-10-4-3-5-11(14)8-10/h10-11H,2-9,14H2,1H3,(H,15,17)(H,16,18). The van der Waals surface area contributed by atoms with Gasteiger partial charge < -0.3 is 16.4 Å². The minimum atomic E-state index is -0.0162. The smallest absolute Gasteiger partial charge is 0.221 e. The Morgan fingerprint density at radius 1 is 1.22 bits per heavy atom. The number of hydrogen-bond donors (Lipinski definition) is 3. The highest BCUT2D eigenvalue weighted by molar-refractivity contribution is 5.79. The zero-order valence-corrected chi connectivity index (χ0v) is 11.2. The highest BCUT2D eigenvalue weighted by atomic mass is 16.2. The molecule has 0 aliphatic heterocycles. The molecule has 5 nitrogen and oxygen atoms in total. The molecule has 2 unspecified atom stereocenters. The Morgan fingerprint density at radius 2 is 2.00 bits per heavy atom. The second kappa shape index (κ2) is 8.08. The molecule has 0 aromatic heterocycles. The number of carbonyl (C=O) groups excluding carboxylic acids is 2. The molecule has 104 valence electrons. The quantitative estimate of drug-likeness (QED) is 0.647. The Bertz CT molecular complexity index is 281. The van der Waals surface area contributed by atoms with Gasteiger partial charge >= 0.3 is 0 Å². The van der Waals surface area contributed by atoms with Gasteiger partial charge in [-0.25, -0.2) is 0 Å². The van der Waals surface area contributed by atoms with E-state index >= 15 is 0 Å². The summed E-state index contributed by atoms with van der Waals surface area (Å²) in [4.78, 5) is 22.9. The van der Waals surface area contributed by atoms with Crippen molar-refractivity contribution >= 4 is 11.8 Å². The first-order valence-electron chi connectivity index (χ1n) is 6.90. The molecule has 0 heterocycles. The van der Waals surface area contributed by atoms with Crippen LogP contribution in [0.5, 0.6) is 0 Å². The van der Waals surface area contributed by atoms with Crippen LogP contribution < -0.4 is 16.4 Å². The predicted molar refractivity (Wildman–Crippen MR) is 70.9 cm³/mol. The molecule has 2 amide bonds. The topological polar surface area (TPSA) is 84.2 Å². The number of hydrogen-bond acceptors (Lipinski definition) is 3. The van der Waals surface area contributed by atoms with Crippen LogP contribution in [0.1, 0.15) is 45.4 Å². The first kappa shape index (κ1) is 15.0. The van der Waals surface area contributed by atoms with Gasteiger partial charge in [0.1, 0.15) is 0 Å². The van der Waals surface area contributed by atoms with Gasteiger partial charge in [0.2, 0.25) is 11.8 Å². The summed E-state index contributed by atoms with van der Waals surface area (Å²) < 4.78 is 0. The van der Waals surface area contributed by atoms with Crippen LogP contribution in [-0.2, 0) is 9.59 Å².